The third-order valence-electron chi connectivity index (χ3n) is 5.14. The lowest BCUT2D eigenvalue weighted by atomic mass is 9.78. The average molecular weight is 355 g/mol. The average Bonchev–Trinajstić information content (AvgIpc) is 2.77. The van der Waals surface area contributed by atoms with E-state index in [0.717, 1.165) is 24.7 Å². The molecule has 0 aromatic rings. The second-order valence-corrected chi connectivity index (χ2v) is 7.60. The molecule has 0 heterocycles. The third-order valence-corrected chi connectivity index (χ3v) is 5.14. The molecule has 0 aliphatic heterocycles. The van der Waals surface area contributed by atoms with E-state index >= 15 is 0 Å². The van der Waals surface area contributed by atoms with Gasteiger partial charge >= 0.3 is 6.18 Å². The largest absolute Gasteiger partial charge is 0.386 e. The van der Waals surface area contributed by atoms with Crippen LogP contribution in [-0.4, -0.2) is 12.9 Å². The molecule has 0 saturated heterocycles. The van der Waals surface area contributed by atoms with Gasteiger partial charge in [0.05, 0.1) is 6.67 Å². The zero-order valence-electron chi connectivity index (χ0n) is 15.9. The Morgan fingerprint density at radius 2 is 1.29 bits per heavy atom. The molecule has 0 bridgehead atoms. The minimum Gasteiger partial charge on any atom is -0.251 e. The maximum atomic E-state index is 12.1. The summed E-state index contributed by atoms with van der Waals surface area (Å²) in [5, 5.41) is 0. The molecule has 2 saturated carbocycles. The first kappa shape index (κ1) is 23.7. The molecular formula is C20H38F4. The highest BCUT2D eigenvalue weighted by atomic mass is 19.4. The Hall–Kier alpha value is -0.280. The van der Waals surface area contributed by atoms with Gasteiger partial charge in [0.1, 0.15) is 0 Å². The molecule has 2 atom stereocenters. The van der Waals surface area contributed by atoms with Crippen molar-refractivity contribution in [3.05, 3.63) is 0 Å². The van der Waals surface area contributed by atoms with Crippen LogP contribution in [0.4, 0.5) is 17.6 Å². The molecule has 24 heavy (non-hydrogen) atoms. The van der Waals surface area contributed by atoms with E-state index in [4.69, 9.17) is 0 Å². The van der Waals surface area contributed by atoms with Crippen molar-refractivity contribution in [1.82, 2.24) is 0 Å². The molecule has 0 amide bonds. The van der Waals surface area contributed by atoms with Gasteiger partial charge in [0.2, 0.25) is 0 Å². The summed E-state index contributed by atoms with van der Waals surface area (Å²) in [6.07, 6.45) is 12.3. The Morgan fingerprint density at radius 3 is 1.71 bits per heavy atom. The molecule has 2 unspecified atom stereocenters. The maximum absolute atomic E-state index is 12.1. The van der Waals surface area contributed by atoms with Gasteiger partial charge in [-0.2, -0.15) is 13.2 Å². The van der Waals surface area contributed by atoms with Crippen molar-refractivity contribution in [3.63, 3.8) is 0 Å². The summed E-state index contributed by atoms with van der Waals surface area (Å²) in [6.45, 7) is 4.84. The Bertz CT molecular complexity index is 259. The van der Waals surface area contributed by atoms with Crippen LogP contribution in [0.3, 0.4) is 0 Å². The van der Waals surface area contributed by atoms with Crippen LogP contribution in [0.2, 0.25) is 0 Å². The molecule has 0 aromatic carbocycles. The summed E-state index contributed by atoms with van der Waals surface area (Å²) >= 11 is 0. The van der Waals surface area contributed by atoms with E-state index in [1.807, 2.05) is 0 Å². The fraction of sp³-hybridized carbons (Fsp3) is 1.00. The SMILES string of the molecule is CC(F)(F)F.CCCC1CCCCC1C.FCC1CCCCCC1. The molecule has 0 nitrogen and oxygen atoms in total. The van der Waals surface area contributed by atoms with E-state index < -0.39 is 6.18 Å². The normalized spacial score (nSPS) is 25.6. The van der Waals surface area contributed by atoms with E-state index in [1.165, 1.54) is 64.2 Å². The van der Waals surface area contributed by atoms with Gasteiger partial charge in [-0.25, -0.2) is 0 Å². The molecule has 4 heteroatoms. The van der Waals surface area contributed by atoms with Gasteiger partial charge < -0.3 is 0 Å². The van der Waals surface area contributed by atoms with Gasteiger partial charge in [0.15, 0.2) is 0 Å². The zero-order valence-corrected chi connectivity index (χ0v) is 15.9. The van der Waals surface area contributed by atoms with E-state index in [-0.39, 0.29) is 13.6 Å². The molecule has 2 rings (SSSR count). The van der Waals surface area contributed by atoms with Crippen molar-refractivity contribution in [2.24, 2.45) is 17.8 Å². The predicted octanol–water partition coefficient (Wildman–Crippen LogP) is 8.11. The van der Waals surface area contributed by atoms with Crippen LogP contribution < -0.4 is 0 Å². The zero-order chi connectivity index (χ0) is 18.4. The number of hydrogen-bond acceptors (Lipinski definition) is 0. The first-order chi connectivity index (χ1) is 11.3. The fourth-order valence-corrected chi connectivity index (χ4v) is 3.71. The highest BCUT2D eigenvalue weighted by Crippen LogP contribution is 2.32. The van der Waals surface area contributed by atoms with Gasteiger partial charge in [0, 0.05) is 6.92 Å². The number of alkyl halides is 4. The second kappa shape index (κ2) is 13.9. The Morgan fingerprint density at radius 1 is 0.833 bits per heavy atom. The highest BCUT2D eigenvalue weighted by molar-refractivity contribution is 4.71. The van der Waals surface area contributed by atoms with Crippen molar-refractivity contribution < 1.29 is 17.6 Å². The summed E-state index contributed by atoms with van der Waals surface area (Å²) in [6, 6.07) is 0. The number of hydrogen-bond donors (Lipinski definition) is 0. The Kier molecular flexibility index (Phi) is 13.8. The second-order valence-electron chi connectivity index (χ2n) is 7.60. The molecule has 146 valence electrons. The van der Waals surface area contributed by atoms with Crippen molar-refractivity contribution in [2.45, 2.75) is 104 Å². The molecule has 0 spiro atoms. The summed E-state index contributed by atoms with van der Waals surface area (Å²) in [7, 11) is 0. The van der Waals surface area contributed by atoms with E-state index in [2.05, 4.69) is 13.8 Å². The van der Waals surface area contributed by atoms with Crippen LogP contribution >= 0.6 is 0 Å². The number of rotatable bonds is 3. The maximum Gasteiger partial charge on any atom is 0.386 e. The molecule has 2 aliphatic rings. The molecular weight excluding hydrogens is 316 g/mol. The number of halogens is 4. The van der Waals surface area contributed by atoms with Crippen LogP contribution in [-0.2, 0) is 0 Å². The Labute approximate surface area is 146 Å². The lowest BCUT2D eigenvalue weighted by Gasteiger charge is -2.28. The van der Waals surface area contributed by atoms with Gasteiger partial charge in [-0.3, -0.25) is 4.39 Å². The quantitative estimate of drug-likeness (QED) is 0.355. The van der Waals surface area contributed by atoms with Crippen LogP contribution in [0.15, 0.2) is 0 Å². The predicted molar refractivity (Wildman–Crippen MR) is 94.9 cm³/mol. The lowest BCUT2D eigenvalue weighted by molar-refractivity contribution is -0.110. The van der Waals surface area contributed by atoms with Crippen molar-refractivity contribution >= 4 is 0 Å². The van der Waals surface area contributed by atoms with Crippen molar-refractivity contribution in [2.75, 3.05) is 6.67 Å². The summed E-state index contributed by atoms with van der Waals surface area (Å²) in [5.74, 6) is 2.50. The highest BCUT2D eigenvalue weighted by Gasteiger charge is 2.19. The van der Waals surface area contributed by atoms with Crippen LogP contribution in [0, 0.1) is 17.8 Å². The third kappa shape index (κ3) is 15.3. The van der Waals surface area contributed by atoms with Crippen LogP contribution in [0.1, 0.15) is 97.8 Å². The Balaban J connectivity index is 0.000000351. The molecule has 0 aromatic heterocycles. The summed E-state index contributed by atoms with van der Waals surface area (Å²) < 4.78 is 43.1. The minimum absolute atomic E-state index is 0.0833. The van der Waals surface area contributed by atoms with Crippen LogP contribution in [0.5, 0.6) is 0 Å². The minimum atomic E-state index is -4.00. The van der Waals surface area contributed by atoms with E-state index in [1.54, 1.807) is 0 Å². The molecule has 2 fully saturated rings. The molecule has 2 aliphatic carbocycles. The molecule has 0 radical (unpaired) electrons. The van der Waals surface area contributed by atoms with Gasteiger partial charge in [-0.1, -0.05) is 78.1 Å². The first-order valence-electron chi connectivity index (χ1n) is 9.90. The van der Waals surface area contributed by atoms with Gasteiger partial charge in [-0.15, -0.1) is 0 Å². The van der Waals surface area contributed by atoms with Gasteiger partial charge in [-0.05, 0) is 30.6 Å². The monoisotopic (exact) mass is 354 g/mol. The van der Waals surface area contributed by atoms with E-state index in [0.29, 0.717) is 5.92 Å². The fourth-order valence-electron chi connectivity index (χ4n) is 3.71. The smallest absolute Gasteiger partial charge is 0.251 e. The van der Waals surface area contributed by atoms with Crippen molar-refractivity contribution in [3.8, 4) is 0 Å². The van der Waals surface area contributed by atoms with Crippen LogP contribution in [0.25, 0.3) is 0 Å². The first-order valence-corrected chi connectivity index (χ1v) is 9.90. The van der Waals surface area contributed by atoms with E-state index in [9.17, 15) is 17.6 Å². The standard InChI is InChI=1S/C10H20.C8H15F.C2H3F3/c1-3-6-10-8-5-4-7-9(10)2;9-7-8-5-3-1-2-4-6-8;1-2(3,4)5/h9-10H,3-8H2,1-2H3;8H,1-7H2;1H3. The van der Waals surface area contributed by atoms with Gasteiger partial charge in [0.25, 0.3) is 0 Å². The van der Waals surface area contributed by atoms with Crippen molar-refractivity contribution in [1.29, 1.82) is 0 Å². The lowest BCUT2D eigenvalue weighted by Crippen LogP contribution is -2.15. The summed E-state index contributed by atoms with van der Waals surface area (Å²) in [4.78, 5) is 0. The topological polar surface area (TPSA) is 0 Å². The summed E-state index contributed by atoms with van der Waals surface area (Å²) in [5.41, 5.74) is 0. The molecule has 0 N–H and O–H groups in total.